The second-order valence-electron chi connectivity index (χ2n) is 3.51. The van der Waals surface area contributed by atoms with Crippen LogP contribution in [0.2, 0.25) is 0 Å². The van der Waals surface area contributed by atoms with Crippen LogP contribution in [0.15, 0.2) is 18.3 Å². The summed E-state index contributed by atoms with van der Waals surface area (Å²) < 4.78 is 0. The molecule has 6 heteroatoms. The van der Waals surface area contributed by atoms with E-state index in [0.717, 1.165) is 0 Å². The summed E-state index contributed by atoms with van der Waals surface area (Å²) in [5.74, 6) is -1.10. The van der Waals surface area contributed by atoms with Crippen molar-refractivity contribution in [2.75, 3.05) is 11.4 Å². The molecule has 0 aromatic carbocycles. The lowest BCUT2D eigenvalue weighted by Crippen LogP contribution is -2.24. The van der Waals surface area contributed by atoms with Crippen LogP contribution in [0.5, 0.6) is 0 Å². The van der Waals surface area contributed by atoms with Gasteiger partial charge in [0.1, 0.15) is 5.69 Å². The summed E-state index contributed by atoms with van der Waals surface area (Å²) in [6.45, 7) is 0.557. The van der Waals surface area contributed by atoms with E-state index in [1.165, 1.54) is 12.3 Å². The fourth-order valence-corrected chi connectivity index (χ4v) is 2.18. The highest BCUT2D eigenvalue weighted by molar-refractivity contribution is 9.09. The quantitative estimate of drug-likeness (QED) is 0.831. The Balaban J connectivity index is 2.30. The highest BCUT2D eigenvalue weighted by atomic mass is 79.9. The number of carbonyl (C=O) groups excluding carboxylic acids is 1. The van der Waals surface area contributed by atoms with Gasteiger partial charge in [0.25, 0.3) is 0 Å². The monoisotopic (exact) mass is 284 g/mol. The maximum Gasteiger partial charge on any atom is 0.354 e. The van der Waals surface area contributed by atoms with E-state index >= 15 is 0 Å². The topological polar surface area (TPSA) is 70.5 Å². The molecule has 5 nitrogen and oxygen atoms in total. The molecule has 1 saturated heterocycles. The number of alkyl halides is 1. The van der Waals surface area contributed by atoms with E-state index in [-0.39, 0.29) is 16.4 Å². The molecule has 1 N–H and O–H groups in total. The van der Waals surface area contributed by atoms with Gasteiger partial charge in [-0.25, -0.2) is 9.78 Å². The van der Waals surface area contributed by atoms with E-state index in [1.54, 1.807) is 11.0 Å². The normalized spacial score (nSPS) is 20.2. The molecule has 1 aromatic rings. The molecule has 0 radical (unpaired) electrons. The van der Waals surface area contributed by atoms with Gasteiger partial charge in [0.2, 0.25) is 5.91 Å². The van der Waals surface area contributed by atoms with Gasteiger partial charge in [-0.2, -0.15) is 0 Å². The molecule has 1 fully saturated rings. The van der Waals surface area contributed by atoms with E-state index in [1.807, 2.05) is 0 Å². The number of carboxylic acids is 1. The minimum absolute atomic E-state index is 0.00980. The molecule has 1 atom stereocenters. The molecule has 0 spiro atoms. The molecule has 1 aliphatic heterocycles. The van der Waals surface area contributed by atoms with Crippen molar-refractivity contribution < 1.29 is 14.7 Å². The molecule has 2 rings (SSSR count). The average molecular weight is 285 g/mol. The van der Waals surface area contributed by atoms with Crippen LogP contribution in [0.3, 0.4) is 0 Å². The Morgan fingerprint density at radius 2 is 2.38 bits per heavy atom. The van der Waals surface area contributed by atoms with Gasteiger partial charge in [0, 0.05) is 29.7 Å². The van der Waals surface area contributed by atoms with Crippen molar-refractivity contribution in [2.45, 2.75) is 11.2 Å². The van der Waals surface area contributed by atoms with Crippen LogP contribution in [0.1, 0.15) is 16.9 Å². The van der Waals surface area contributed by atoms with E-state index in [2.05, 4.69) is 20.9 Å². The first-order valence-corrected chi connectivity index (χ1v) is 5.63. The van der Waals surface area contributed by atoms with Crippen LogP contribution in [-0.2, 0) is 4.79 Å². The lowest BCUT2D eigenvalue weighted by Gasteiger charge is -2.15. The average Bonchev–Trinajstić information content (AvgIpc) is 2.58. The number of aromatic nitrogens is 1. The first-order chi connectivity index (χ1) is 7.58. The number of hydrogen-bond acceptors (Lipinski definition) is 3. The molecule has 0 saturated carbocycles. The Kier molecular flexibility index (Phi) is 2.91. The largest absolute Gasteiger partial charge is 0.477 e. The zero-order valence-corrected chi connectivity index (χ0v) is 9.85. The maximum atomic E-state index is 11.6. The fourth-order valence-electron chi connectivity index (χ4n) is 1.62. The van der Waals surface area contributed by atoms with Crippen LogP contribution >= 0.6 is 15.9 Å². The van der Waals surface area contributed by atoms with Gasteiger partial charge in [-0.1, -0.05) is 15.9 Å². The van der Waals surface area contributed by atoms with Gasteiger partial charge in [0.05, 0.1) is 0 Å². The highest BCUT2D eigenvalue weighted by Gasteiger charge is 2.29. The maximum absolute atomic E-state index is 11.6. The number of pyridine rings is 1. The Hall–Kier alpha value is -1.43. The standard InChI is InChI=1S/C10H9BrN2O3/c11-6-3-9(14)13(5-6)7-1-2-12-8(4-7)10(15)16/h1-2,4,6H,3,5H2,(H,15,16). The van der Waals surface area contributed by atoms with Gasteiger partial charge in [-0.3, -0.25) is 4.79 Å². The summed E-state index contributed by atoms with van der Waals surface area (Å²) in [5.41, 5.74) is 0.530. The number of anilines is 1. The summed E-state index contributed by atoms with van der Waals surface area (Å²) >= 11 is 3.37. The summed E-state index contributed by atoms with van der Waals surface area (Å²) in [7, 11) is 0. The molecule has 1 amide bonds. The number of amides is 1. The Bertz CT molecular complexity index is 449. The van der Waals surface area contributed by atoms with Gasteiger partial charge in [-0.15, -0.1) is 0 Å². The minimum atomic E-state index is -1.09. The third kappa shape index (κ3) is 2.06. The summed E-state index contributed by atoms with van der Waals surface area (Å²) in [6.07, 6.45) is 1.83. The third-order valence-electron chi connectivity index (χ3n) is 2.35. The second kappa shape index (κ2) is 4.21. The van der Waals surface area contributed by atoms with E-state index < -0.39 is 5.97 Å². The van der Waals surface area contributed by atoms with Gasteiger partial charge in [0.15, 0.2) is 0 Å². The SMILES string of the molecule is O=C(O)c1cc(N2CC(Br)CC2=O)ccn1. The number of carboxylic acid groups (broad SMARTS) is 1. The highest BCUT2D eigenvalue weighted by Crippen LogP contribution is 2.25. The van der Waals surface area contributed by atoms with Crippen LogP contribution < -0.4 is 4.90 Å². The van der Waals surface area contributed by atoms with Crippen molar-refractivity contribution >= 4 is 33.5 Å². The van der Waals surface area contributed by atoms with Crippen LogP contribution in [0.4, 0.5) is 5.69 Å². The number of carbonyl (C=O) groups is 2. The first kappa shape index (κ1) is 11.1. The van der Waals surface area contributed by atoms with E-state index in [0.29, 0.717) is 18.7 Å². The van der Waals surface area contributed by atoms with E-state index in [9.17, 15) is 9.59 Å². The molecular formula is C10H9BrN2O3. The third-order valence-corrected chi connectivity index (χ3v) is 2.97. The molecule has 1 unspecified atom stereocenters. The Morgan fingerprint density at radius 1 is 1.62 bits per heavy atom. The molecular weight excluding hydrogens is 276 g/mol. The predicted molar refractivity (Wildman–Crippen MR) is 60.9 cm³/mol. The van der Waals surface area contributed by atoms with Crippen molar-refractivity contribution in [3.05, 3.63) is 24.0 Å². The number of halogens is 1. The van der Waals surface area contributed by atoms with Gasteiger partial charge in [-0.05, 0) is 12.1 Å². The molecule has 1 aromatic heterocycles. The van der Waals surface area contributed by atoms with Crippen molar-refractivity contribution in [1.82, 2.24) is 4.98 Å². The number of nitrogens with zero attached hydrogens (tertiary/aromatic N) is 2. The zero-order valence-electron chi connectivity index (χ0n) is 8.26. The van der Waals surface area contributed by atoms with Gasteiger partial charge >= 0.3 is 5.97 Å². The van der Waals surface area contributed by atoms with Crippen molar-refractivity contribution in [3.63, 3.8) is 0 Å². The van der Waals surface area contributed by atoms with E-state index in [4.69, 9.17) is 5.11 Å². The van der Waals surface area contributed by atoms with Crippen molar-refractivity contribution in [1.29, 1.82) is 0 Å². The van der Waals surface area contributed by atoms with Crippen LogP contribution in [0.25, 0.3) is 0 Å². The number of aromatic carboxylic acids is 1. The predicted octanol–water partition coefficient (Wildman–Crippen LogP) is 1.28. The van der Waals surface area contributed by atoms with Crippen molar-refractivity contribution in [2.24, 2.45) is 0 Å². The smallest absolute Gasteiger partial charge is 0.354 e. The summed E-state index contributed by atoms with van der Waals surface area (Å²) in [5, 5.41) is 8.79. The summed E-state index contributed by atoms with van der Waals surface area (Å²) in [6, 6.07) is 3.04. The molecule has 16 heavy (non-hydrogen) atoms. The summed E-state index contributed by atoms with van der Waals surface area (Å²) in [4.78, 5) is 27.7. The lowest BCUT2D eigenvalue weighted by atomic mass is 10.3. The number of rotatable bonds is 2. The van der Waals surface area contributed by atoms with Gasteiger partial charge < -0.3 is 10.0 Å². The van der Waals surface area contributed by atoms with Crippen LogP contribution in [-0.4, -0.2) is 33.3 Å². The second-order valence-corrected chi connectivity index (χ2v) is 4.81. The fraction of sp³-hybridized carbons (Fsp3) is 0.300. The Morgan fingerprint density at radius 3 is 2.94 bits per heavy atom. The molecule has 84 valence electrons. The molecule has 0 bridgehead atoms. The number of hydrogen-bond donors (Lipinski definition) is 1. The zero-order chi connectivity index (χ0) is 11.7. The molecule has 1 aliphatic rings. The van der Waals surface area contributed by atoms with Crippen molar-refractivity contribution in [3.8, 4) is 0 Å². The Labute approximate surface area is 100 Å². The first-order valence-electron chi connectivity index (χ1n) is 4.71. The molecule has 2 heterocycles. The lowest BCUT2D eigenvalue weighted by molar-refractivity contribution is -0.117. The van der Waals surface area contributed by atoms with Crippen LogP contribution in [0, 0.1) is 0 Å². The molecule has 0 aliphatic carbocycles. The minimum Gasteiger partial charge on any atom is -0.477 e.